The molecule has 0 saturated carbocycles. The molecule has 1 saturated heterocycles. The van der Waals surface area contributed by atoms with Gasteiger partial charge in [-0.2, -0.15) is 0 Å². The fraction of sp³-hybridized carbons (Fsp3) is 0.522. The Bertz CT molecular complexity index is 865. The first-order valence-electron chi connectivity index (χ1n) is 10.4. The maximum atomic E-state index is 13.3. The molecular weight excluding hydrogens is 384 g/mol. The molecule has 1 heterocycles. The number of benzene rings is 1. The van der Waals surface area contributed by atoms with Gasteiger partial charge >= 0.3 is 5.97 Å². The number of allylic oxidation sites excluding steroid dienone is 1. The van der Waals surface area contributed by atoms with E-state index < -0.39 is 29.8 Å². The highest BCUT2D eigenvalue weighted by Crippen LogP contribution is 2.44. The second kappa shape index (κ2) is 9.00. The molecule has 2 amide bonds. The van der Waals surface area contributed by atoms with Crippen molar-refractivity contribution in [2.45, 2.75) is 33.7 Å². The van der Waals surface area contributed by atoms with Crippen LogP contribution in [0.5, 0.6) is 0 Å². The van der Waals surface area contributed by atoms with Gasteiger partial charge in [0.1, 0.15) is 6.04 Å². The summed E-state index contributed by atoms with van der Waals surface area (Å²) < 4.78 is 5.23. The molecule has 0 radical (unpaired) electrons. The van der Waals surface area contributed by atoms with Gasteiger partial charge in [0.2, 0.25) is 11.8 Å². The van der Waals surface area contributed by atoms with Crippen molar-refractivity contribution in [3.8, 4) is 0 Å². The molecular formula is C23H30N2O5. The highest BCUT2D eigenvalue weighted by molar-refractivity contribution is 6.02. The third-order valence-corrected chi connectivity index (χ3v) is 6.09. The Morgan fingerprint density at radius 2 is 1.97 bits per heavy atom. The van der Waals surface area contributed by atoms with Crippen molar-refractivity contribution in [1.82, 2.24) is 4.90 Å². The van der Waals surface area contributed by atoms with Gasteiger partial charge in [-0.3, -0.25) is 14.4 Å². The monoisotopic (exact) mass is 414 g/mol. The lowest BCUT2D eigenvalue weighted by molar-refractivity contribution is -0.155. The maximum Gasteiger partial charge on any atom is 0.310 e. The first-order chi connectivity index (χ1) is 14.3. The average Bonchev–Trinajstić information content (AvgIpc) is 2.97. The molecule has 1 aromatic carbocycles. The zero-order valence-electron chi connectivity index (χ0n) is 17.9. The van der Waals surface area contributed by atoms with E-state index in [9.17, 15) is 19.5 Å². The lowest BCUT2D eigenvalue weighted by Gasteiger charge is -2.32. The van der Waals surface area contributed by atoms with Crippen LogP contribution in [0.15, 0.2) is 30.4 Å². The number of nitrogens with zero attached hydrogens (tertiary/aromatic N) is 1. The normalized spacial score (nSPS) is 27.7. The Hall–Kier alpha value is -2.67. The number of fused-ring (bicyclic) bond motifs is 1. The number of amides is 2. The highest BCUT2D eigenvalue weighted by atomic mass is 16.5. The first-order valence-corrected chi connectivity index (χ1v) is 10.4. The molecule has 0 aromatic heterocycles. The number of aliphatic hydroxyl groups is 1. The second-order valence-electron chi connectivity index (χ2n) is 8.13. The second-order valence-corrected chi connectivity index (χ2v) is 8.13. The summed E-state index contributed by atoms with van der Waals surface area (Å²) in [4.78, 5) is 40.6. The van der Waals surface area contributed by atoms with Crippen molar-refractivity contribution < 1.29 is 24.2 Å². The van der Waals surface area contributed by atoms with Crippen LogP contribution in [-0.4, -0.2) is 53.6 Å². The number of carbonyl (C=O) groups excluding carboxylic acids is 3. The Labute approximate surface area is 177 Å². The van der Waals surface area contributed by atoms with E-state index in [-0.39, 0.29) is 37.5 Å². The lowest BCUT2D eigenvalue weighted by Crippen LogP contribution is -2.45. The van der Waals surface area contributed by atoms with Gasteiger partial charge in [0.05, 0.1) is 25.0 Å². The molecule has 30 heavy (non-hydrogen) atoms. The number of aliphatic hydroxyl groups excluding tert-OH is 1. The number of rotatable bonds is 6. The molecule has 7 nitrogen and oxygen atoms in total. The quantitative estimate of drug-likeness (QED) is 0.549. The van der Waals surface area contributed by atoms with Crippen molar-refractivity contribution in [3.05, 3.63) is 41.5 Å². The molecule has 1 aromatic rings. The van der Waals surface area contributed by atoms with Crippen molar-refractivity contribution in [2.24, 2.45) is 23.7 Å². The van der Waals surface area contributed by atoms with E-state index in [0.717, 1.165) is 11.1 Å². The molecule has 162 valence electrons. The summed E-state index contributed by atoms with van der Waals surface area (Å²) in [5.74, 6) is -2.98. The third-order valence-electron chi connectivity index (χ3n) is 6.09. The van der Waals surface area contributed by atoms with Gasteiger partial charge in [0.15, 0.2) is 0 Å². The van der Waals surface area contributed by atoms with Gasteiger partial charge in [0.25, 0.3) is 0 Å². The Morgan fingerprint density at radius 3 is 2.63 bits per heavy atom. The molecule has 0 bridgehead atoms. The molecule has 5 atom stereocenters. The Morgan fingerprint density at radius 1 is 1.23 bits per heavy atom. The number of anilines is 1. The summed E-state index contributed by atoms with van der Waals surface area (Å²) >= 11 is 0. The van der Waals surface area contributed by atoms with Gasteiger partial charge in [-0.1, -0.05) is 31.2 Å². The summed E-state index contributed by atoms with van der Waals surface area (Å²) in [6.07, 6.45) is 3.75. The number of esters is 1. The minimum Gasteiger partial charge on any atom is -0.466 e. The zero-order chi connectivity index (χ0) is 22.0. The van der Waals surface area contributed by atoms with Crippen LogP contribution in [-0.2, 0) is 19.1 Å². The maximum absolute atomic E-state index is 13.3. The van der Waals surface area contributed by atoms with Crippen LogP contribution in [0.2, 0.25) is 0 Å². The van der Waals surface area contributed by atoms with Crippen molar-refractivity contribution in [2.75, 3.05) is 25.1 Å². The van der Waals surface area contributed by atoms with E-state index in [1.165, 1.54) is 4.90 Å². The largest absolute Gasteiger partial charge is 0.466 e. The van der Waals surface area contributed by atoms with E-state index in [1.54, 1.807) is 6.92 Å². The van der Waals surface area contributed by atoms with Crippen LogP contribution in [0.1, 0.15) is 25.0 Å². The molecule has 2 aliphatic rings. The summed E-state index contributed by atoms with van der Waals surface area (Å²) in [5.41, 5.74) is 2.62. The number of hydrogen-bond acceptors (Lipinski definition) is 5. The van der Waals surface area contributed by atoms with Crippen LogP contribution < -0.4 is 5.32 Å². The van der Waals surface area contributed by atoms with Gasteiger partial charge < -0.3 is 20.1 Å². The minimum atomic E-state index is -0.796. The highest BCUT2D eigenvalue weighted by Gasteiger charge is 2.56. The number of nitrogens with one attached hydrogen (secondary N) is 1. The lowest BCUT2D eigenvalue weighted by atomic mass is 9.70. The van der Waals surface area contributed by atoms with E-state index in [2.05, 4.69) is 5.32 Å². The van der Waals surface area contributed by atoms with Crippen molar-refractivity contribution in [3.63, 3.8) is 0 Å². The third kappa shape index (κ3) is 3.99. The molecule has 0 spiro atoms. The molecule has 1 aliphatic heterocycles. The number of likely N-dealkylation sites (tertiary alicyclic amines) is 1. The number of ether oxygens (including phenoxy) is 1. The molecule has 1 aliphatic carbocycles. The molecule has 0 unspecified atom stereocenters. The van der Waals surface area contributed by atoms with E-state index >= 15 is 0 Å². The van der Waals surface area contributed by atoms with Crippen LogP contribution in [0.4, 0.5) is 5.69 Å². The molecule has 3 rings (SSSR count). The minimum absolute atomic E-state index is 0.0362. The van der Waals surface area contributed by atoms with Gasteiger partial charge in [-0.05, 0) is 43.9 Å². The SMILES string of the molecule is CCOC(=O)[C@H]1[C@@H]2C(=O)N(CCO)[C@H](C(=O)Nc3cc(C)ccc3C)[C@H]2C=C[C@H]1C. The van der Waals surface area contributed by atoms with E-state index in [1.807, 2.05) is 51.1 Å². The Balaban J connectivity index is 1.95. The molecule has 7 heteroatoms. The number of aryl methyl sites for hydroxylation is 2. The fourth-order valence-electron chi connectivity index (χ4n) is 4.62. The summed E-state index contributed by atoms with van der Waals surface area (Å²) in [7, 11) is 0. The topological polar surface area (TPSA) is 95.9 Å². The molecule has 1 fully saturated rings. The predicted molar refractivity (Wildman–Crippen MR) is 113 cm³/mol. The Kier molecular flexibility index (Phi) is 6.61. The smallest absolute Gasteiger partial charge is 0.310 e. The number of β-amino-alcohol motifs (C(OH)–C–C–N with tert-alkyl or cyclic N) is 1. The van der Waals surface area contributed by atoms with Crippen LogP contribution >= 0.6 is 0 Å². The first kappa shape index (κ1) is 22.0. The van der Waals surface area contributed by atoms with Crippen molar-refractivity contribution >= 4 is 23.5 Å². The van der Waals surface area contributed by atoms with Crippen molar-refractivity contribution in [1.29, 1.82) is 0 Å². The number of carbonyl (C=O) groups is 3. The molecule has 2 N–H and O–H groups in total. The van der Waals surface area contributed by atoms with E-state index in [0.29, 0.717) is 5.69 Å². The average molecular weight is 415 g/mol. The van der Waals surface area contributed by atoms with Crippen LogP contribution in [0, 0.1) is 37.5 Å². The summed E-state index contributed by atoms with van der Waals surface area (Å²) in [6.45, 7) is 7.46. The standard InChI is InChI=1S/C23H30N2O5/c1-5-30-23(29)18-15(4)8-9-16-19(18)22(28)25(10-11-26)20(16)21(27)24-17-12-13(2)6-7-14(17)3/h6-9,12,15-16,18-20,26H,5,10-11H2,1-4H3,(H,24,27)/t15-,16+,18-,19-,20+/m1/s1. The number of hydrogen-bond donors (Lipinski definition) is 2. The van der Waals surface area contributed by atoms with Gasteiger partial charge in [0, 0.05) is 18.2 Å². The van der Waals surface area contributed by atoms with Gasteiger partial charge in [-0.25, -0.2) is 0 Å². The summed E-state index contributed by atoms with van der Waals surface area (Å²) in [5, 5.41) is 12.5. The summed E-state index contributed by atoms with van der Waals surface area (Å²) in [6, 6.07) is 4.99. The zero-order valence-corrected chi connectivity index (χ0v) is 17.9. The van der Waals surface area contributed by atoms with Crippen LogP contribution in [0.25, 0.3) is 0 Å². The predicted octanol–water partition coefficient (Wildman–Crippen LogP) is 2.06. The van der Waals surface area contributed by atoms with Gasteiger partial charge in [-0.15, -0.1) is 0 Å². The van der Waals surface area contributed by atoms with E-state index in [4.69, 9.17) is 4.74 Å². The van der Waals surface area contributed by atoms with Crippen LogP contribution in [0.3, 0.4) is 0 Å². The fourth-order valence-corrected chi connectivity index (χ4v) is 4.62.